The fraction of sp³-hybridized carbons (Fsp3) is 0. The van der Waals surface area contributed by atoms with Gasteiger partial charge in [0.25, 0.3) is 11.4 Å². The molecule has 0 saturated heterocycles. The molecule has 0 aromatic heterocycles. The second-order valence-electron chi connectivity index (χ2n) is 9.35. The Kier molecular flexibility index (Phi) is 7.21. The van der Waals surface area contributed by atoms with E-state index in [-0.39, 0.29) is 55.8 Å². The van der Waals surface area contributed by atoms with E-state index >= 15 is 8.78 Å². The van der Waals surface area contributed by atoms with Crippen molar-refractivity contribution in [3.8, 4) is 24.3 Å². The summed E-state index contributed by atoms with van der Waals surface area (Å²) in [4.78, 5) is 12.8. The number of fused-ring (bicyclic) bond motifs is 2. The number of nitriles is 4. The van der Waals surface area contributed by atoms with Crippen LogP contribution in [0.3, 0.4) is 0 Å². The predicted molar refractivity (Wildman–Crippen MR) is 154 cm³/mol. The fourth-order valence-electron chi connectivity index (χ4n) is 5.37. The van der Waals surface area contributed by atoms with Crippen molar-refractivity contribution in [1.82, 2.24) is 0 Å². The van der Waals surface area contributed by atoms with Crippen LogP contribution < -0.4 is 0 Å². The highest BCUT2D eigenvalue weighted by Gasteiger charge is 2.38. The highest BCUT2D eigenvalue weighted by Crippen LogP contribution is 2.55. The maximum absolute atomic E-state index is 15.4. The minimum atomic E-state index is -1.15. The highest BCUT2D eigenvalue weighted by molar-refractivity contribution is 6.29. The number of benzene rings is 3. The first-order chi connectivity index (χ1) is 22.1. The Bertz CT molecular complexity index is 2290. The van der Waals surface area contributed by atoms with Gasteiger partial charge >= 0.3 is 0 Å². The molecular formula is C34H6F4N8. The first kappa shape index (κ1) is 29.7. The highest BCUT2D eigenvalue weighted by atomic mass is 19.1. The zero-order chi connectivity index (χ0) is 33.4. The van der Waals surface area contributed by atoms with Crippen LogP contribution in [0.25, 0.3) is 52.9 Å². The summed E-state index contributed by atoms with van der Waals surface area (Å²) in [6, 6.07) is 11.6. The van der Waals surface area contributed by atoms with Crippen LogP contribution in [0.15, 0.2) is 47.8 Å². The van der Waals surface area contributed by atoms with Gasteiger partial charge in [0.15, 0.2) is 0 Å². The van der Waals surface area contributed by atoms with E-state index < -0.39 is 57.0 Å². The summed E-state index contributed by atoms with van der Waals surface area (Å²) in [6.07, 6.45) is 0. The monoisotopic (exact) mass is 602 g/mol. The van der Waals surface area contributed by atoms with Gasteiger partial charge in [0, 0.05) is 22.3 Å². The summed E-state index contributed by atoms with van der Waals surface area (Å²) < 4.78 is 60.2. The molecule has 3 aromatic carbocycles. The summed E-state index contributed by atoms with van der Waals surface area (Å²) in [5.74, 6) is -4.57. The SMILES string of the molecule is [C-]#[N+]C1=C(c2cc(F)c([N+]#[C-])cc2F)/C(=C(/C#N)[N+]#[C-])c2cc3c(cc21)/C(=C(/C#N)[N+]#[C-])C(c1cc(F)c(C#N)cc1F)=C3C#N. The Morgan fingerprint density at radius 2 is 1.09 bits per heavy atom. The topological polar surface area (TPSA) is 113 Å². The molecule has 0 heterocycles. The molecule has 0 unspecified atom stereocenters. The molecule has 0 N–H and O–H groups in total. The van der Waals surface area contributed by atoms with Crippen LogP contribution >= 0.6 is 0 Å². The molecule has 0 bridgehead atoms. The van der Waals surface area contributed by atoms with Crippen molar-refractivity contribution in [3.05, 3.63) is 156 Å². The Morgan fingerprint density at radius 1 is 0.543 bits per heavy atom. The van der Waals surface area contributed by atoms with Gasteiger partial charge in [-0.1, -0.05) is 6.07 Å². The van der Waals surface area contributed by atoms with Crippen LogP contribution in [0.4, 0.5) is 23.2 Å². The lowest BCUT2D eigenvalue weighted by molar-refractivity contribution is 0.594. The van der Waals surface area contributed by atoms with E-state index in [4.69, 9.17) is 31.6 Å². The van der Waals surface area contributed by atoms with E-state index in [9.17, 15) is 24.6 Å². The third-order valence-corrected chi connectivity index (χ3v) is 7.21. The molecule has 2 aliphatic carbocycles. The van der Waals surface area contributed by atoms with Crippen LogP contribution in [0.1, 0.15) is 38.9 Å². The Morgan fingerprint density at radius 3 is 1.63 bits per heavy atom. The summed E-state index contributed by atoms with van der Waals surface area (Å²) in [6.45, 7) is 30.2. The molecule has 0 radical (unpaired) electrons. The van der Waals surface area contributed by atoms with Gasteiger partial charge in [-0.15, -0.1) is 0 Å². The maximum Gasteiger partial charge on any atom is 0.270 e. The molecule has 5 rings (SSSR count). The van der Waals surface area contributed by atoms with E-state index in [1.54, 1.807) is 12.1 Å². The molecule has 210 valence electrons. The predicted octanol–water partition coefficient (Wildman–Crippen LogP) is 8.22. The van der Waals surface area contributed by atoms with Crippen molar-refractivity contribution in [2.45, 2.75) is 0 Å². The minimum Gasteiger partial charge on any atom is -0.237 e. The molecular weight excluding hydrogens is 596 g/mol. The average molecular weight is 602 g/mol. The molecule has 8 nitrogen and oxygen atoms in total. The lowest BCUT2D eigenvalue weighted by atomic mass is 9.91. The number of rotatable bonds is 2. The Balaban J connectivity index is 1.96. The van der Waals surface area contributed by atoms with Crippen molar-refractivity contribution in [1.29, 1.82) is 21.0 Å². The number of nitrogens with zero attached hydrogens (tertiary/aromatic N) is 8. The molecule has 0 spiro atoms. The lowest BCUT2D eigenvalue weighted by Gasteiger charge is -2.13. The molecule has 0 aliphatic heterocycles. The van der Waals surface area contributed by atoms with Crippen LogP contribution in [0.2, 0.25) is 0 Å². The van der Waals surface area contributed by atoms with E-state index in [1.807, 2.05) is 6.07 Å². The van der Waals surface area contributed by atoms with E-state index in [2.05, 4.69) is 19.4 Å². The van der Waals surface area contributed by atoms with E-state index in [0.717, 1.165) is 0 Å². The van der Waals surface area contributed by atoms with Gasteiger partial charge in [-0.05, 0) is 63.7 Å². The van der Waals surface area contributed by atoms with Crippen LogP contribution in [-0.4, -0.2) is 0 Å². The molecule has 0 saturated carbocycles. The normalized spacial score (nSPS) is 14.7. The number of halogens is 4. The van der Waals surface area contributed by atoms with Crippen LogP contribution in [0, 0.1) is 94.9 Å². The molecule has 2 aliphatic rings. The molecule has 3 aromatic rings. The van der Waals surface area contributed by atoms with Crippen molar-refractivity contribution in [2.24, 2.45) is 0 Å². The summed E-state index contributed by atoms with van der Waals surface area (Å²) >= 11 is 0. The van der Waals surface area contributed by atoms with Gasteiger partial charge in [0.05, 0.1) is 49.6 Å². The minimum absolute atomic E-state index is 0.0532. The first-order valence-electron chi connectivity index (χ1n) is 12.4. The standard InChI is InChI=1S/C34H6F4N8/c1-43-27-10-25(37)21(9-26(27)38)33-32(29(14-42)45-3)18-6-16-17(7-19(18)34(33)46-4)31(28(13-41)44-2)30(22(16)12-40)20-8-23(35)15(11-39)5-24(20)36/h5-10H/b31-28+,32-29-. The number of allylic oxidation sites excluding steroid dienone is 7. The average Bonchev–Trinajstić information content (AvgIpc) is 3.54. The van der Waals surface area contributed by atoms with Gasteiger partial charge in [-0.25, -0.2) is 47.5 Å². The lowest BCUT2D eigenvalue weighted by Crippen LogP contribution is -1.97. The molecule has 12 heteroatoms. The molecule has 0 amide bonds. The van der Waals surface area contributed by atoms with Gasteiger partial charge < -0.3 is 0 Å². The van der Waals surface area contributed by atoms with Crippen LogP contribution in [0.5, 0.6) is 0 Å². The number of hydrogen-bond donors (Lipinski definition) is 0. The first-order valence-corrected chi connectivity index (χ1v) is 12.4. The second kappa shape index (κ2) is 11.2. The van der Waals surface area contributed by atoms with Crippen molar-refractivity contribution < 1.29 is 17.6 Å². The Hall–Kier alpha value is -7.74. The largest absolute Gasteiger partial charge is 0.270 e. The van der Waals surface area contributed by atoms with Gasteiger partial charge in [-0.3, -0.25) is 0 Å². The summed E-state index contributed by atoms with van der Waals surface area (Å²) in [5.41, 5.74) is -5.95. The third kappa shape index (κ3) is 4.15. The fourth-order valence-corrected chi connectivity index (χ4v) is 5.37. The summed E-state index contributed by atoms with van der Waals surface area (Å²) in [7, 11) is 0. The smallest absolute Gasteiger partial charge is 0.237 e. The molecule has 0 fully saturated rings. The molecule has 46 heavy (non-hydrogen) atoms. The molecule has 0 atom stereocenters. The van der Waals surface area contributed by atoms with Gasteiger partial charge in [0.2, 0.25) is 11.4 Å². The van der Waals surface area contributed by atoms with Gasteiger partial charge in [0.1, 0.15) is 35.4 Å². The van der Waals surface area contributed by atoms with Crippen molar-refractivity contribution >= 4 is 39.2 Å². The van der Waals surface area contributed by atoms with E-state index in [0.29, 0.717) is 24.3 Å². The zero-order valence-electron chi connectivity index (χ0n) is 22.6. The zero-order valence-corrected chi connectivity index (χ0v) is 22.6. The second-order valence-corrected chi connectivity index (χ2v) is 9.35. The van der Waals surface area contributed by atoms with Crippen molar-refractivity contribution in [2.75, 3.05) is 0 Å². The summed E-state index contributed by atoms with van der Waals surface area (Å²) in [5, 5.41) is 39.1. The maximum atomic E-state index is 15.4. The van der Waals surface area contributed by atoms with Gasteiger partial charge in [-0.2, -0.15) is 10.5 Å². The third-order valence-electron chi connectivity index (χ3n) is 7.21. The Labute approximate surface area is 257 Å². The van der Waals surface area contributed by atoms with Crippen LogP contribution in [-0.2, 0) is 0 Å². The van der Waals surface area contributed by atoms with E-state index in [1.165, 1.54) is 18.2 Å². The number of hydrogen-bond acceptors (Lipinski definition) is 4. The van der Waals surface area contributed by atoms with Crippen molar-refractivity contribution in [3.63, 3.8) is 0 Å². The quantitative estimate of drug-likeness (QED) is 0.167.